The second kappa shape index (κ2) is 11.4. The lowest BCUT2D eigenvalue weighted by molar-refractivity contribution is 0.585. The van der Waals surface area contributed by atoms with Crippen LogP contribution in [0.1, 0.15) is 42.3 Å². The minimum atomic E-state index is -0.196. The molecule has 0 radical (unpaired) electrons. The molecular weight excluding hydrogens is 705 g/mol. The predicted molar refractivity (Wildman–Crippen MR) is 241 cm³/mol. The molecule has 8 aromatic carbocycles. The second-order valence-corrected chi connectivity index (χ2v) is 16.6. The molecule has 4 heteroatoms. The fourth-order valence-corrected chi connectivity index (χ4v) is 10.7. The molecule has 1 aliphatic carbocycles. The molecule has 58 heavy (non-hydrogen) atoms. The number of aromatic nitrogens is 2. The van der Waals surface area contributed by atoms with E-state index in [9.17, 15) is 0 Å². The van der Waals surface area contributed by atoms with Crippen LogP contribution in [-0.4, -0.2) is 9.13 Å². The van der Waals surface area contributed by atoms with Crippen LogP contribution in [-0.2, 0) is 5.41 Å². The Morgan fingerprint density at radius 2 is 1.05 bits per heavy atom. The van der Waals surface area contributed by atoms with E-state index >= 15 is 0 Å². The standard InChI is InChI=1S/C54H38N4/c1-54(2)44-27-26-36(32-43(44)51-39-18-6-7-19-40(39)53-55-45-20-10-13-23-50(45)58(53)52(51)54)57-47-22-12-9-17-38(47)42-31-34(25-29-49(42)57)33-24-28-48-41(30-33)37-16-8-11-21-46(37)56(48)35-14-4-3-5-15-35/h3-32,53,55H,1-2H3. The van der Waals surface area contributed by atoms with Gasteiger partial charge in [0.25, 0.3) is 0 Å². The predicted octanol–water partition coefficient (Wildman–Crippen LogP) is 13.5. The van der Waals surface area contributed by atoms with Crippen LogP contribution >= 0.6 is 0 Å². The number of rotatable bonds is 3. The van der Waals surface area contributed by atoms with Crippen molar-refractivity contribution in [2.24, 2.45) is 0 Å². The smallest absolute Gasteiger partial charge is 0.130 e. The molecule has 274 valence electrons. The quantitative estimate of drug-likeness (QED) is 0.195. The first-order chi connectivity index (χ1) is 28.5. The van der Waals surface area contributed by atoms with Gasteiger partial charge in [0.15, 0.2) is 0 Å². The fraction of sp³-hybridized carbons (Fsp3) is 0.0741. The van der Waals surface area contributed by atoms with Gasteiger partial charge in [-0.2, -0.15) is 0 Å². The Bertz CT molecular complexity index is 3410. The number of anilines is 2. The molecular formula is C54H38N4. The summed E-state index contributed by atoms with van der Waals surface area (Å²) in [4.78, 5) is 2.57. The van der Waals surface area contributed by atoms with Crippen molar-refractivity contribution in [2.45, 2.75) is 25.4 Å². The Labute approximate surface area is 336 Å². The van der Waals surface area contributed by atoms with Crippen LogP contribution in [0.2, 0.25) is 0 Å². The maximum absolute atomic E-state index is 3.87. The normalized spacial score (nSPS) is 16.1. The molecule has 1 unspecified atom stereocenters. The van der Waals surface area contributed by atoms with Crippen LogP contribution in [0, 0.1) is 0 Å². The van der Waals surface area contributed by atoms with E-state index < -0.39 is 0 Å². The third-order valence-electron chi connectivity index (χ3n) is 13.2. The van der Waals surface area contributed by atoms with Crippen molar-refractivity contribution in [3.8, 4) is 22.5 Å². The van der Waals surface area contributed by atoms with Gasteiger partial charge >= 0.3 is 0 Å². The summed E-state index contributed by atoms with van der Waals surface area (Å²) in [6.07, 6.45) is 0.0650. The molecule has 2 aromatic heterocycles. The van der Waals surface area contributed by atoms with E-state index in [1.165, 1.54) is 111 Å². The van der Waals surface area contributed by atoms with Crippen molar-refractivity contribution in [3.05, 3.63) is 210 Å². The van der Waals surface area contributed by atoms with Crippen LogP contribution < -0.4 is 10.2 Å². The Morgan fingerprint density at radius 3 is 1.78 bits per heavy atom. The topological polar surface area (TPSA) is 25.1 Å². The Morgan fingerprint density at radius 1 is 0.466 bits per heavy atom. The number of benzene rings is 8. The van der Waals surface area contributed by atoms with Gasteiger partial charge in [-0.15, -0.1) is 0 Å². The summed E-state index contributed by atoms with van der Waals surface area (Å²) in [7, 11) is 0. The van der Waals surface area contributed by atoms with Gasteiger partial charge in [-0.25, -0.2) is 0 Å². The highest BCUT2D eigenvalue weighted by Gasteiger charge is 2.49. The van der Waals surface area contributed by atoms with E-state index in [2.05, 4.69) is 215 Å². The van der Waals surface area contributed by atoms with Crippen LogP contribution in [0.3, 0.4) is 0 Å². The van der Waals surface area contributed by atoms with Crippen molar-refractivity contribution >= 4 is 60.6 Å². The van der Waals surface area contributed by atoms with Gasteiger partial charge in [0.1, 0.15) is 6.17 Å². The molecule has 10 aromatic rings. The first kappa shape index (κ1) is 31.9. The Hall–Kier alpha value is -7.30. The summed E-state index contributed by atoms with van der Waals surface area (Å²) in [5.74, 6) is 0. The second-order valence-electron chi connectivity index (χ2n) is 16.6. The van der Waals surface area contributed by atoms with Gasteiger partial charge in [-0.1, -0.05) is 123 Å². The maximum Gasteiger partial charge on any atom is 0.130 e. The molecule has 1 N–H and O–H groups in total. The van der Waals surface area contributed by atoms with Gasteiger partial charge in [-0.05, 0) is 101 Å². The minimum Gasteiger partial charge on any atom is -0.359 e. The van der Waals surface area contributed by atoms with Crippen molar-refractivity contribution < 1.29 is 0 Å². The highest BCUT2D eigenvalue weighted by molar-refractivity contribution is 6.13. The van der Waals surface area contributed by atoms with Gasteiger partial charge in [0.05, 0.1) is 33.4 Å². The van der Waals surface area contributed by atoms with Crippen molar-refractivity contribution in [2.75, 3.05) is 10.2 Å². The van der Waals surface area contributed by atoms with Crippen LogP contribution in [0.25, 0.3) is 71.7 Å². The van der Waals surface area contributed by atoms with E-state index in [4.69, 9.17) is 0 Å². The molecule has 13 rings (SSSR count). The molecule has 4 heterocycles. The largest absolute Gasteiger partial charge is 0.359 e. The zero-order chi connectivity index (χ0) is 38.3. The number of para-hydroxylation sites is 5. The first-order valence-electron chi connectivity index (χ1n) is 20.3. The summed E-state index contributed by atoms with van der Waals surface area (Å²) >= 11 is 0. The van der Waals surface area contributed by atoms with E-state index in [0.29, 0.717) is 0 Å². The molecule has 0 saturated heterocycles. The average molecular weight is 743 g/mol. The maximum atomic E-state index is 3.87. The third kappa shape index (κ3) is 4.13. The molecule has 0 amide bonds. The van der Waals surface area contributed by atoms with Crippen LogP contribution in [0.4, 0.5) is 11.4 Å². The fourth-order valence-electron chi connectivity index (χ4n) is 10.7. The summed E-state index contributed by atoms with van der Waals surface area (Å²) in [5.41, 5.74) is 19.9. The number of nitrogens with one attached hydrogen (secondary N) is 1. The lowest BCUT2D eigenvalue weighted by atomic mass is 9.82. The highest BCUT2D eigenvalue weighted by Crippen LogP contribution is 2.59. The molecule has 1 atom stereocenters. The molecule has 4 nitrogen and oxygen atoms in total. The van der Waals surface area contributed by atoms with Gasteiger partial charge in [-0.3, -0.25) is 0 Å². The van der Waals surface area contributed by atoms with Gasteiger partial charge in [0, 0.05) is 55.2 Å². The zero-order valence-corrected chi connectivity index (χ0v) is 32.2. The van der Waals surface area contributed by atoms with Gasteiger partial charge in [0.2, 0.25) is 0 Å². The Kier molecular flexibility index (Phi) is 6.26. The van der Waals surface area contributed by atoms with Crippen molar-refractivity contribution in [1.29, 1.82) is 0 Å². The summed E-state index contributed by atoms with van der Waals surface area (Å²) in [6, 6.07) is 67.3. The Balaban J connectivity index is 0.987. The molecule has 0 fully saturated rings. The first-order valence-corrected chi connectivity index (χ1v) is 20.3. The number of allylic oxidation sites excluding steroid dienone is 1. The SMILES string of the molecule is CC1(C)C2=C(c3ccccc3C3Nc4ccccc4N23)c2cc(-n3c4ccccc4c4cc(-c5ccc6c(c5)c5ccccc5n6-c5ccccc5)ccc43)ccc21. The monoisotopic (exact) mass is 742 g/mol. The third-order valence-corrected chi connectivity index (χ3v) is 13.2. The van der Waals surface area contributed by atoms with Crippen LogP contribution in [0.5, 0.6) is 0 Å². The van der Waals surface area contributed by atoms with E-state index in [0.717, 1.165) is 0 Å². The zero-order valence-electron chi connectivity index (χ0n) is 32.2. The lowest BCUT2D eigenvalue weighted by Crippen LogP contribution is -2.38. The minimum absolute atomic E-state index is 0.0650. The number of nitrogens with zero attached hydrogens (tertiary/aromatic N) is 3. The molecule has 3 aliphatic rings. The van der Waals surface area contributed by atoms with Crippen molar-refractivity contribution in [1.82, 2.24) is 9.13 Å². The molecule has 0 bridgehead atoms. The number of hydrogen-bond acceptors (Lipinski definition) is 2. The summed E-state index contributed by atoms with van der Waals surface area (Å²) in [6.45, 7) is 4.80. The number of hydrogen-bond donors (Lipinski definition) is 1. The summed E-state index contributed by atoms with van der Waals surface area (Å²) < 4.78 is 4.86. The molecule has 0 spiro atoms. The van der Waals surface area contributed by atoms with Gasteiger partial charge < -0.3 is 19.4 Å². The van der Waals surface area contributed by atoms with E-state index in [1.807, 2.05) is 0 Å². The molecule has 2 aliphatic heterocycles. The number of fused-ring (bicyclic) bond motifs is 15. The van der Waals surface area contributed by atoms with E-state index in [-0.39, 0.29) is 11.6 Å². The van der Waals surface area contributed by atoms with Crippen LogP contribution in [0.15, 0.2) is 188 Å². The summed E-state index contributed by atoms with van der Waals surface area (Å²) in [5, 5.41) is 8.91. The highest BCUT2D eigenvalue weighted by atomic mass is 15.3. The molecule has 0 saturated carbocycles. The van der Waals surface area contributed by atoms with E-state index in [1.54, 1.807) is 0 Å². The lowest BCUT2D eigenvalue weighted by Gasteiger charge is -2.40. The van der Waals surface area contributed by atoms with Crippen molar-refractivity contribution in [3.63, 3.8) is 0 Å². The average Bonchev–Trinajstić information content (AvgIpc) is 3.99.